The molecule has 20 heavy (non-hydrogen) atoms. The fourth-order valence-electron chi connectivity index (χ4n) is 3.00. The molecule has 0 unspecified atom stereocenters. The molecule has 0 amide bonds. The first-order valence-electron chi connectivity index (χ1n) is 7.36. The first-order chi connectivity index (χ1) is 9.76. The molecule has 2 heterocycles. The van der Waals surface area contributed by atoms with E-state index in [1.165, 1.54) is 38.4 Å². The van der Waals surface area contributed by atoms with E-state index in [0.717, 1.165) is 24.2 Å². The lowest BCUT2D eigenvalue weighted by molar-refractivity contribution is 0.278. The first-order valence-corrected chi connectivity index (χ1v) is 7.74. The van der Waals surface area contributed by atoms with E-state index in [1.807, 2.05) is 0 Å². The van der Waals surface area contributed by atoms with Gasteiger partial charge in [0.15, 0.2) is 0 Å². The van der Waals surface area contributed by atoms with Crippen molar-refractivity contribution in [1.82, 2.24) is 19.6 Å². The van der Waals surface area contributed by atoms with Gasteiger partial charge in [0.25, 0.3) is 5.78 Å². The van der Waals surface area contributed by atoms with Crippen molar-refractivity contribution >= 4 is 23.2 Å². The molecular formula is C14H20ClN5. The summed E-state index contributed by atoms with van der Waals surface area (Å²) in [6, 6.07) is 1.81. The molecule has 2 aromatic heterocycles. The van der Waals surface area contributed by atoms with Crippen molar-refractivity contribution in [2.45, 2.75) is 39.0 Å². The highest BCUT2D eigenvalue weighted by Gasteiger charge is 2.20. The molecule has 1 aliphatic rings. The summed E-state index contributed by atoms with van der Waals surface area (Å²) in [5.74, 6) is 3.08. The summed E-state index contributed by atoms with van der Waals surface area (Å²) in [7, 11) is 0. The van der Waals surface area contributed by atoms with Gasteiger partial charge in [0.05, 0.1) is 0 Å². The van der Waals surface area contributed by atoms with Crippen LogP contribution in [0.15, 0.2) is 12.4 Å². The highest BCUT2D eigenvalue weighted by atomic mass is 35.5. The molecule has 0 radical (unpaired) electrons. The van der Waals surface area contributed by atoms with Crippen LogP contribution in [0.5, 0.6) is 0 Å². The van der Waals surface area contributed by atoms with Gasteiger partial charge in [-0.15, -0.1) is 0 Å². The molecule has 3 rings (SSSR count). The molecule has 1 fully saturated rings. The Bertz CT molecular complexity index is 574. The number of fused-ring (bicyclic) bond motifs is 1. The number of anilines is 1. The van der Waals surface area contributed by atoms with Crippen LogP contribution in [0.25, 0.3) is 5.78 Å². The van der Waals surface area contributed by atoms with Crippen molar-refractivity contribution in [3.05, 3.63) is 17.5 Å². The molecule has 6 heteroatoms. The van der Waals surface area contributed by atoms with Crippen LogP contribution in [0.1, 0.15) is 39.0 Å². The van der Waals surface area contributed by atoms with E-state index in [9.17, 15) is 0 Å². The Labute approximate surface area is 123 Å². The average molecular weight is 294 g/mol. The average Bonchev–Trinajstić information content (AvgIpc) is 2.93. The summed E-state index contributed by atoms with van der Waals surface area (Å²) in [5.41, 5.74) is 0. The summed E-state index contributed by atoms with van der Waals surface area (Å²) < 4.78 is 1.70. The second-order valence-electron chi connectivity index (χ2n) is 5.61. The monoisotopic (exact) mass is 293 g/mol. The number of halogens is 1. The van der Waals surface area contributed by atoms with Crippen molar-refractivity contribution in [2.24, 2.45) is 11.8 Å². The summed E-state index contributed by atoms with van der Waals surface area (Å²) in [6.45, 7) is 3.26. The van der Waals surface area contributed by atoms with Gasteiger partial charge in [0, 0.05) is 12.6 Å². The standard InChI is InChI=1S/C14H20ClN5/c1-2-10-3-5-11(6-4-10)8-16-13-7-12(15)19-14-17-9-18-20(13)14/h7,9-11,16H,2-6,8H2,1H3. The van der Waals surface area contributed by atoms with Crippen LogP contribution in [0.4, 0.5) is 5.82 Å². The molecule has 108 valence electrons. The van der Waals surface area contributed by atoms with E-state index in [2.05, 4.69) is 27.3 Å². The van der Waals surface area contributed by atoms with Gasteiger partial charge in [-0.25, -0.2) is 0 Å². The van der Waals surface area contributed by atoms with E-state index < -0.39 is 0 Å². The highest BCUT2D eigenvalue weighted by molar-refractivity contribution is 6.29. The third-order valence-corrected chi connectivity index (χ3v) is 4.53. The zero-order valence-electron chi connectivity index (χ0n) is 11.7. The fraction of sp³-hybridized carbons (Fsp3) is 0.643. The summed E-state index contributed by atoms with van der Waals surface area (Å²) >= 11 is 6.01. The normalized spacial score (nSPS) is 23.1. The maximum absolute atomic E-state index is 6.01. The van der Waals surface area contributed by atoms with Crippen LogP contribution in [-0.4, -0.2) is 26.1 Å². The number of hydrogen-bond donors (Lipinski definition) is 1. The molecule has 0 saturated heterocycles. The minimum atomic E-state index is 0.447. The van der Waals surface area contributed by atoms with Crippen molar-refractivity contribution in [2.75, 3.05) is 11.9 Å². The van der Waals surface area contributed by atoms with Crippen LogP contribution in [0.2, 0.25) is 5.15 Å². The Hall–Kier alpha value is -1.36. The van der Waals surface area contributed by atoms with Crippen molar-refractivity contribution < 1.29 is 0 Å². The van der Waals surface area contributed by atoms with Crippen LogP contribution < -0.4 is 5.32 Å². The molecular weight excluding hydrogens is 274 g/mol. The summed E-state index contributed by atoms with van der Waals surface area (Å²) in [6.07, 6.45) is 8.16. The molecule has 0 spiro atoms. The quantitative estimate of drug-likeness (QED) is 0.878. The highest BCUT2D eigenvalue weighted by Crippen LogP contribution is 2.30. The zero-order valence-corrected chi connectivity index (χ0v) is 12.5. The molecule has 1 N–H and O–H groups in total. The molecule has 0 atom stereocenters. The maximum Gasteiger partial charge on any atom is 0.255 e. The van der Waals surface area contributed by atoms with Crippen LogP contribution in [0, 0.1) is 11.8 Å². The lowest BCUT2D eigenvalue weighted by Crippen LogP contribution is -2.22. The van der Waals surface area contributed by atoms with Gasteiger partial charge in [0.2, 0.25) is 0 Å². The maximum atomic E-state index is 6.01. The predicted octanol–water partition coefficient (Wildman–Crippen LogP) is 3.41. The Kier molecular flexibility index (Phi) is 4.05. The second kappa shape index (κ2) is 5.95. The minimum absolute atomic E-state index is 0.447. The van der Waals surface area contributed by atoms with Gasteiger partial charge in [-0.05, 0) is 24.7 Å². The van der Waals surface area contributed by atoms with Gasteiger partial charge < -0.3 is 5.32 Å². The van der Waals surface area contributed by atoms with E-state index in [1.54, 1.807) is 10.6 Å². The van der Waals surface area contributed by atoms with E-state index in [0.29, 0.717) is 10.9 Å². The molecule has 0 bridgehead atoms. The number of aromatic nitrogens is 4. The Morgan fingerprint density at radius 1 is 1.30 bits per heavy atom. The molecule has 1 saturated carbocycles. The number of nitrogens with one attached hydrogen (secondary N) is 1. The summed E-state index contributed by atoms with van der Waals surface area (Å²) in [4.78, 5) is 8.20. The van der Waals surface area contributed by atoms with Gasteiger partial charge in [-0.3, -0.25) is 0 Å². The Morgan fingerprint density at radius 3 is 2.80 bits per heavy atom. The predicted molar refractivity (Wildman–Crippen MR) is 80.0 cm³/mol. The Morgan fingerprint density at radius 2 is 2.05 bits per heavy atom. The topological polar surface area (TPSA) is 55.1 Å². The van der Waals surface area contributed by atoms with E-state index in [4.69, 9.17) is 11.6 Å². The van der Waals surface area contributed by atoms with Crippen LogP contribution in [0.3, 0.4) is 0 Å². The lowest BCUT2D eigenvalue weighted by Gasteiger charge is -2.28. The molecule has 0 aromatic carbocycles. The van der Waals surface area contributed by atoms with Crippen molar-refractivity contribution in [1.29, 1.82) is 0 Å². The third kappa shape index (κ3) is 2.87. The lowest BCUT2D eigenvalue weighted by atomic mass is 9.81. The second-order valence-corrected chi connectivity index (χ2v) is 6.00. The van der Waals surface area contributed by atoms with Crippen molar-refractivity contribution in [3.63, 3.8) is 0 Å². The third-order valence-electron chi connectivity index (χ3n) is 4.34. The largest absolute Gasteiger partial charge is 0.370 e. The minimum Gasteiger partial charge on any atom is -0.370 e. The smallest absolute Gasteiger partial charge is 0.255 e. The van der Waals surface area contributed by atoms with Crippen LogP contribution >= 0.6 is 11.6 Å². The van der Waals surface area contributed by atoms with Gasteiger partial charge >= 0.3 is 0 Å². The molecule has 2 aromatic rings. The Balaban J connectivity index is 1.64. The molecule has 0 aliphatic heterocycles. The van der Waals surface area contributed by atoms with E-state index >= 15 is 0 Å². The van der Waals surface area contributed by atoms with E-state index in [-0.39, 0.29) is 0 Å². The number of rotatable bonds is 4. The number of hydrogen-bond acceptors (Lipinski definition) is 4. The summed E-state index contributed by atoms with van der Waals surface area (Å²) in [5, 5.41) is 8.07. The fourth-order valence-corrected chi connectivity index (χ4v) is 3.18. The zero-order chi connectivity index (χ0) is 13.9. The van der Waals surface area contributed by atoms with Gasteiger partial charge in [-0.1, -0.05) is 37.8 Å². The first kappa shape index (κ1) is 13.6. The number of nitrogens with zero attached hydrogens (tertiary/aromatic N) is 4. The van der Waals surface area contributed by atoms with Crippen molar-refractivity contribution in [3.8, 4) is 0 Å². The SMILES string of the molecule is CCC1CCC(CNc2cc(Cl)nc3ncnn23)CC1. The van der Waals surface area contributed by atoms with Gasteiger partial charge in [0.1, 0.15) is 17.3 Å². The molecule has 1 aliphatic carbocycles. The van der Waals surface area contributed by atoms with Gasteiger partial charge in [-0.2, -0.15) is 19.6 Å². The van der Waals surface area contributed by atoms with Crippen LogP contribution in [-0.2, 0) is 0 Å². The molecule has 5 nitrogen and oxygen atoms in total.